The van der Waals surface area contributed by atoms with Gasteiger partial charge in [-0.2, -0.15) is 0 Å². The summed E-state index contributed by atoms with van der Waals surface area (Å²) in [4.78, 5) is 26.8. The minimum absolute atomic E-state index is 0.0147. The Morgan fingerprint density at radius 3 is 2.76 bits per heavy atom. The lowest BCUT2D eigenvalue weighted by Gasteiger charge is -2.27. The summed E-state index contributed by atoms with van der Waals surface area (Å²) in [6.45, 7) is 2.21. The molecule has 1 heterocycles. The van der Waals surface area contributed by atoms with Crippen molar-refractivity contribution in [1.82, 2.24) is 0 Å². The molecule has 0 aromatic heterocycles. The molecule has 6 nitrogen and oxygen atoms in total. The van der Waals surface area contributed by atoms with Crippen LogP contribution in [-0.4, -0.2) is 16.8 Å². The number of nitrogens with zero attached hydrogens (tertiary/aromatic N) is 2. The van der Waals surface area contributed by atoms with Gasteiger partial charge < -0.3 is 4.74 Å². The third-order valence-corrected chi connectivity index (χ3v) is 4.91. The second-order valence-corrected chi connectivity index (χ2v) is 6.73. The van der Waals surface area contributed by atoms with Crippen LogP contribution in [0.3, 0.4) is 0 Å². The van der Waals surface area contributed by atoms with Crippen LogP contribution in [-0.2, 0) is 9.53 Å². The topological polar surface area (TPSA) is 81.8 Å². The van der Waals surface area contributed by atoms with E-state index in [0.717, 1.165) is 31.6 Å². The quantitative estimate of drug-likeness (QED) is 0.341. The van der Waals surface area contributed by atoms with Gasteiger partial charge in [0.25, 0.3) is 5.69 Å². The van der Waals surface area contributed by atoms with E-state index < -0.39 is 10.9 Å². The summed E-state index contributed by atoms with van der Waals surface area (Å²) in [5.74, 6) is 1.01. The van der Waals surface area contributed by atoms with Gasteiger partial charge in [0, 0.05) is 18.1 Å². The molecule has 0 unspecified atom stereocenters. The Bertz CT molecular complexity index is 731. The third-order valence-electron chi connectivity index (χ3n) is 4.91. The number of aliphatic imine (C=N–C) groups is 1. The molecule has 6 heteroatoms. The number of carbonyl (C=O) groups is 1. The lowest BCUT2D eigenvalue weighted by atomic mass is 9.80. The fourth-order valence-corrected chi connectivity index (χ4v) is 3.59. The normalized spacial score (nSPS) is 24.9. The Kier molecular flexibility index (Phi) is 5.26. The zero-order valence-corrected chi connectivity index (χ0v) is 14.3. The molecule has 0 atom stereocenters. The number of carbonyl (C=O) groups excluding carboxylic acids is 1. The van der Waals surface area contributed by atoms with Crippen LogP contribution in [0.25, 0.3) is 6.08 Å². The van der Waals surface area contributed by atoms with Gasteiger partial charge in [-0.1, -0.05) is 31.9 Å². The van der Waals surface area contributed by atoms with Crippen molar-refractivity contribution in [1.29, 1.82) is 0 Å². The Morgan fingerprint density at radius 1 is 1.32 bits per heavy atom. The second-order valence-electron chi connectivity index (χ2n) is 6.73. The van der Waals surface area contributed by atoms with Crippen LogP contribution in [0.2, 0.25) is 0 Å². The predicted molar refractivity (Wildman–Crippen MR) is 95.0 cm³/mol. The van der Waals surface area contributed by atoms with E-state index in [1.807, 2.05) is 0 Å². The maximum Gasteiger partial charge on any atom is 0.363 e. The van der Waals surface area contributed by atoms with E-state index in [2.05, 4.69) is 11.9 Å². The van der Waals surface area contributed by atoms with Crippen LogP contribution < -0.4 is 0 Å². The average Bonchev–Trinajstić information content (AvgIpc) is 2.97. The fourth-order valence-electron chi connectivity index (χ4n) is 3.59. The van der Waals surface area contributed by atoms with Crippen LogP contribution in [0.4, 0.5) is 5.69 Å². The Morgan fingerprint density at radius 2 is 2.08 bits per heavy atom. The van der Waals surface area contributed by atoms with Gasteiger partial charge in [0.2, 0.25) is 5.90 Å². The molecule has 0 radical (unpaired) electrons. The number of esters is 1. The summed E-state index contributed by atoms with van der Waals surface area (Å²) < 4.78 is 5.37. The molecule has 1 aromatic carbocycles. The summed E-state index contributed by atoms with van der Waals surface area (Å²) in [7, 11) is 0. The van der Waals surface area contributed by atoms with E-state index >= 15 is 0 Å². The van der Waals surface area contributed by atoms with Gasteiger partial charge in [-0.25, -0.2) is 9.79 Å². The van der Waals surface area contributed by atoms with Crippen molar-refractivity contribution in [2.24, 2.45) is 16.8 Å². The van der Waals surface area contributed by atoms with Crippen molar-refractivity contribution in [2.75, 3.05) is 0 Å². The standard InChI is InChI=1S/C19H22N2O4/c1-2-4-13-7-9-15(10-8-13)18-20-17(19(22)25-18)12-14-5-3-6-16(11-14)21(23)24/h3,5-6,11-13,15H,2,4,7-10H2,1H3/b17-12-. The molecule has 0 amide bonds. The van der Waals surface area contributed by atoms with E-state index in [1.165, 1.54) is 25.0 Å². The number of nitro groups is 1. The minimum atomic E-state index is -0.475. The molecule has 25 heavy (non-hydrogen) atoms. The van der Waals surface area contributed by atoms with Crippen molar-refractivity contribution in [3.05, 3.63) is 45.6 Å². The number of benzene rings is 1. The molecule has 0 spiro atoms. The van der Waals surface area contributed by atoms with Crippen LogP contribution in [0.15, 0.2) is 35.0 Å². The number of rotatable bonds is 5. The highest BCUT2D eigenvalue weighted by atomic mass is 16.6. The van der Waals surface area contributed by atoms with Gasteiger partial charge in [0.1, 0.15) is 0 Å². The Hall–Kier alpha value is -2.50. The molecular formula is C19H22N2O4. The highest BCUT2D eigenvalue weighted by Gasteiger charge is 2.32. The van der Waals surface area contributed by atoms with Crippen molar-refractivity contribution in [3.8, 4) is 0 Å². The molecule has 1 aliphatic heterocycles. The van der Waals surface area contributed by atoms with E-state index in [-0.39, 0.29) is 17.3 Å². The lowest BCUT2D eigenvalue weighted by Crippen LogP contribution is -2.22. The summed E-state index contributed by atoms with van der Waals surface area (Å²) in [5.41, 5.74) is 0.767. The highest BCUT2D eigenvalue weighted by Crippen LogP contribution is 2.34. The van der Waals surface area contributed by atoms with Crippen LogP contribution in [0, 0.1) is 22.0 Å². The molecule has 2 aliphatic rings. The maximum atomic E-state index is 12.1. The number of hydrogen-bond donors (Lipinski definition) is 0. The zero-order chi connectivity index (χ0) is 17.8. The summed E-state index contributed by atoms with van der Waals surface area (Å²) >= 11 is 0. The first-order valence-electron chi connectivity index (χ1n) is 8.83. The van der Waals surface area contributed by atoms with E-state index in [4.69, 9.17) is 4.74 Å². The van der Waals surface area contributed by atoms with E-state index in [0.29, 0.717) is 11.5 Å². The number of non-ortho nitro benzene ring substituents is 1. The first-order chi connectivity index (χ1) is 12.1. The molecule has 0 saturated heterocycles. The van der Waals surface area contributed by atoms with Crippen molar-refractivity contribution >= 4 is 23.6 Å². The molecule has 1 fully saturated rings. The molecule has 1 aliphatic carbocycles. The van der Waals surface area contributed by atoms with Gasteiger partial charge >= 0.3 is 5.97 Å². The number of ether oxygens (including phenoxy) is 1. The van der Waals surface area contributed by atoms with Crippen molar-refractivity contribution < 1.29 is 14.5 Å². The summed E-state index contributed by atoms with van der Waals surface area (Å²) in [6, 6.07) is 6.13. The van der Waals surface area contributed by atoms with E-state index in [1.54, 1.807) is 18.2 Å². The smallest absolute Gasteiger partial charge is 0.363 e. The molecular weight excluding hydrogens is 320 g/mol. The molecule has 132 valence electrons. The van der Waals surface area contributed by atoms with Crippen LogP contribution in [0.1, 0.15) is 51.0 Å². The Balaban J connectivity index is 1.72. The molecule has 0 bridgehead atoms. The lowest BCUT2D eigenvalue weighted by molar-refractivity contribution is -0.384. The van der Waals surface area contributed by atoms with Crippen molar-refractivity contribution in [3.63, 3.8) is 0 Å². The van der Waals surface area contributed by atoms with Gasteiger partial charge in [-0.15, -0.1) is 0 Å². The second kappa shape index (κ2) is 7.59. The SMILES string of the molecule is CCCC1CCC(C2=N/C(=C\c3cccc([N+](=O)[O-])c3)C(=O)O2)CC1. The molecule has 3 rings (SSSR count). The minimum Gasteiger partial charge on any atom is -0.406 e. The maximum absolute atomic E-state index is 12.1. The van der Waals surface area contributed by atoms with Crippen LogP contribution in [0.5, 0.6) is 0 Å². The monoisotopic (exact) mass is 342 g/mol. The summed E-state index contributed by atoms with van der Waals surface area (Å²) in [5, 5.41) is 10.9. The van der Waals surface area contributed by atoms with Crippen LogP contribution >= 0.6 is 0 Å². The zero-order valence-electron chi connectivity index (χ0n) is 14.3. The predicted octanol–water partition coefficient (Wildman–Crippen LogP) is 4.50. The van der Waals surface area contributed by atoms with Gasteiger partial charge in [-0.05, 0) is 43.2 Å². The first-order valence-corrected chi connectivity index (χ1v) is 8.83. The molecule has 0 N–H and O–H groups in total. The molecule has 1 saturated carbocycles. The number of nitro benzene ring substituents is 1. The first kappa shape index (κ1) is 17.3. The van der Waals surface area contributed by atoms with Gasteiger partial charge in [-0.3, -0.25) is 10.1 Å². The van der Waals surface area contributed by atoms with Crippen molar-refractivity contribution in [2.45, 2.75) is 45.4 Å². The summed E-state index contributed by atoms with van der Waals surface area (Å²) in [6.07, 6.45) is 8.32. The fraction of sp³-hybridized carbons (Fsp3) is 0.474. The largest absolute Gasteiger partial charge is 0.406 e. The van der Waals surface area contributed by atoms with E-state index in [9.17, 15) is 14.9 Å². The average molecular weight is 342 g/mol. The third kappa shape index (κ3) is 4.13. The van der Waals surface area contributed by atoms with Gasteiger partial charge in [0.05, 0.1) is 4.92 Å². The number of cyclic esters (lactones) is 1. The highest BCUT2D eigenvalue weighted by molar-refractivity contribution is 6.07. The molecule has 1 aromatic rings. The number of hydrogen-bond acceptors (Lipinski definition) is 5. The van der Waals surface area contributed by atoms with Gasteiger partial charge in [0.15, 0.2) is 5.70 Å². The Labute approximate surface area is 146 Å².